The van der Waals surface area contributed by atoms with Crippen molar-refractivity contribution in [1.29, 1.82) is 0 Å². The Hall–Kier alpha value is -1.63. The van der Waals surface area contributed by atoms with Crippen molar-refractivity contribution in [2.75, 3.05) is 5.73 Å². The van der Waals surface area contributed by atoms with Crippen LogP contribution in [0.2, 0.25) is 10.0 Å². The van der Waals surface area contributed by atoms with Crippen molar-refractivity contribution in [1.82, 2.24) is 15.1 Å². The number of hydrogen-bond acceptors (Lipinski definition) is 6. The van der Waals surface area contributed by atoms with Crippen LogP contribution in [-0.2, 0) is 0 Å². The molecule has 2 heterocycles. The van der Waals surface area contributed by atoms with Crippen LogP contribution in [0, 0.1) is 0 Å². The van der Waals surface area contributed by atoms with Crippen LogP contribution in [0.4, 0.5) is 5.69 Å². The van der Waals surface area contributed by atoms with E-state index in [9.17, 15) is 0 Å². The Morgan fingerprint density at radius 3 is 2.58 bits per heavy atom. The summed E-state index contributed by atoms with van der Waals surface area (Å²) in [6, 6.07) is 3.25. The maximum absolute atomic E-state index is 5.97. The summed E-state index contributed by atoms with van der Waals surface area (Å²) in [7, 11) is 0. The Bertz CT molecular complexity index is 703. The average Bonchev–Trinajstić information content (AvgIpc) is 3.05. The van der Waals surface area contributed by atoms with Crippen molar-refractivity contribution >= 4 is 40.2 Å². The molecule has 0 fully saturated rings. The summed E-state index contributed by atoms with van der Waals surface area (Å²) in [6.45, 7) is 0. The fourth-order valence-electron chi connectivity index (χ4n) is 1.48. The molecular formula is C11H6Cl2N4OS. The Morgan fingerprint density at radius 1 is 1.21 bits per heavy atom. The third-order valence-electron chi connectivity index (χ3n) is 2.41. The van der Waals surface area contributed by atoms with Gasteiger partial charge in [-0.1, -0.05) is 28.4 Å². The lowest BCUT2D eigenvalue weighted by Gasteiger charge is -2.02. The Balaban J connectivity index is 2.04. The van der Waals surface area contributed by atoms with Gasteiger partial charge in [-0.25, -0.2) is 4.98 Å². The molecule has 0 amide bonds. The highest BCUT2D eigenvalue weighted by atomic mass is 35.5. The smallest absolute Gasteiger partial charge is 0.258 e. The van der Waals surface area contributed by atoms with Gasteiger partial charge in [0.25, 0.3) is 5.89 Å². The fourth-order valence-corrected chi connectivity index (χ4v) is 2.49. The van der Waals surface area contributed by atoms with Crippen molar-refractivity contribution in [3.8, 4) is 23.0 Å². The molecule has 0 aliphatic rings. The third-order valence-corrected chi connectivity index (χ3v) is 3.63. The van der Waals surface area contributed by atoms with E-state index in [1.165, 1.54) is 11.3 Å². The van der Waals surface area contributed by atoms with Crippen LogP contribution in [0.3, 0.4) is 0 Å². The van der Waals surface area contributed by atoms with E-state index in [1.807, 2.05) is 5.38 Å². The fraction of sp³-hybridized carbons (Fsp3) is 0. The van der Waals surface area contributed by atoms with E-state index in [4.69, 9.17) is 33.5 Å². The van der Waals surface area contributed by atoms with Crippen molar-refractivity contribution in [2.24, 2.45) is 0 Å². The number of benzene rings is 1. The van der Waals surface area contributed by atoms with E-state index in [2.05, 4.69) is 15.1 Å². The van der Waals surface area contributed by atoms with Crippen LogP contribution in [-0.4, -0.2) is 15.1 Å². The maximum atomic E-state index is 5.97. The molecule has 0 spiro atoms. The summed E-state index contributed by atoms with van der Waals surface area (Å²) < 4.78 is 5.17. The summed E-state index contributed by atoms with van der Waals surface area (Å²) in [6.07, 6.45) is 0. The molecule has 0 saturated carbocycles. The number of aromatic nitrogens is 3. The first kappa shape index (κ1) is 12.4. The molecule has 19 heavy (non-hydrogen) atoms. The van der Waals surface area contributed by atoms with Gasteiger partial charge in [0, 0.05) is 10.9 Å². The third kappa shape index (κ3) is 2.30. The predicted molar refractivity (Wildman–Crippen MR) is 75.3 cm³/mol. The van der Waals surface area contributed by atoms with E-state index in [-0.39, 0.29) is 0 Å². The molecule has 2 N–H and O–H groups in total. The monoisotopic (exact) mass is 312 g/mol. The van der Waals surface area contributed by atoms with Gasteiger partial charge in [-0.2, -0.15) is 4.98 Å². The second kappa shape index (κ2) is 4.80. The molecule has 3 aromatic rings. The molecule has 0 atom stereocenters. The summed E-state index contributed by atoms with van der Waals surface area (Å²) in [5, 5.41) is 6.38. The number of nitrogen functional groups attached to an aromatic ring is 1. The van der Waals surface area contributed by atoms with Gasteiger partial charge in [-0.05, 0) is 12.1 Å². The minimum Gasteiger partial charge on any atom is -0.396 e. The molecule has 0 radical (unpaired) electrons. The van der Waals surface area contributed by atoms with E-state index in [1.54, 1.807) is 17.6 Å². The highest BCUT2D eigenvalue weighted by molar-refractivity contribution is 7.07. The zero-order valence-electron chi connectivity index (χ0n) is 9.30. The molecule has 0 saturated heterocycles. The number of rotatable bonds is 2. The van der Waals surface area contributed by atoms with Gasteiger partial charge >= 0.3 is 0 Å². The highest BCUT2D eigenvalue weighted by Gasteiger charge is 2.14. The average molecular weight is 313 g/mol. The van der Waals surface area contributed by atoms with Gasteiger partial charge in [0.1, 0.15) is 5.69 Å². The van der Waals surface area contributed by atoms with E-state index in [0.29, 0.717) is 38.7 Å². The molecular weight excluding hydrogens is 307 g/mol. The molecule has 0 bridgehead atoms. The number of hydrogen-bond donors (Lipinski definition) is 1. The van der Waals surface area contributed by atoms with Crippen molar-refractivity contribution in [3.63, 3.8) is 0 Å². The van der Waals surface area contributed by atoms with E-state index < -0.39 is 0 Å². The van der Waals surface area contributed by atoms with Gasteiger partial charge in [0.15, 0.2) is 0 Å². The van der Waals surface area contributed by atoms with Crippen LogP contribution in [0.25, 0.3) is 23.0 Å². The zero-order chi connectivity index (χ0) is 13.4. The zero-order valence-corrected chi connectivity index (χ0v) is 11.6. The first-order valence-electron chi connectivity index (χ1n) is 5.12. The number of nitrogens with two attached hydrogens (primary N) is 1. The maximum Gasteiger partial charge on any atom is 0.258 e. The predicted octanol–water partition coefficient (Wildman–Crippen LogP) is 3.75. The molecule has 0 unspecified atom stereocenters. The first-order chi connectivity index (χ1) is 9.15. The molecule has 1 aromatic carbocycles. The van der Waals surface area contributed by atoms with Gasteiger partial charge in [-0.3, -0.25) is 0 Å². The lowest BCUT2D eigenvalue weighted by Crippen LogP contribution is -1.89. The Labute approximate surface area is 122 Å². The van der Waals surface area contributed by atoms with Crippen LogP contribution in [0.5, 0.6) is 0 Å². The molecule has 5 nitrogen and oxygen atoms in total. The van der Waals surface area contributed by atoms with Gasteiger partial charge in [0.2, 0.25) is 5.82 Å². The van der Waals surface area contributed by atoms with Crippen LogP contribution < -0.4 is 5.73 Å². The molecule has 0 aliphatic heterocycles. The summed E-state index contributed by atoms with van der Waals surface area (Å²) >= 11 is 13.4. The number of thiazole rings is 1. The molecule has 0 aliphatic carbocycles. The van der Waals surface area contributed by atoms with Gasteiger partial charge in [0.05, 0.1) is 21.2 Å². The molecule has 2 aromatic heterocycles. The van der Waals surface area contributed by atoms with Crippen LogP contribution in [0.1, 0.15) is 0 Å². The second-order valence-electron chi connectivity index (χ2n) is 3.65. The van der Waals surface area contributed by atoms with Crippen molar-refractivity contribution in [2.45, 2.75) is 0 Å². The normalized spacial score (nSPS) is 10.8. The summed E-state index contributed by atoms with van der Waals surface area (Å²) in [5.41, 5.74) is 8.96. The quantitative estimate of drug-likeness (QED) is 0.729. The lowest BCUT2D eigenvalue weighted by atomic mass is 10.2. The summed E-state index contributed by atoms with van der Waals surface area (Å²) in [4.78, 5) is 8.35. The van der Waals surface area contributed by atoms with Gasteiger partial charge < -0.3 is 10.3 Å². The topological polar surface area (TPSA) is 77.8 Å². The highest BCUT2D eigenvalue weighted by Crippen LogP contribution is 2.33. The Kier molecular flexibility index (Phi) is 3.14. The van der Waals surface area contributed by atoms with Crippen molar-refractivity contribution < 1.29 is 4.52 Å². The van der Waals surface area contributed by atoms with Crippen LogP contribution >= 0.6 is 34.5 Å². The number of nitrogens with zero attached hydrogens (tertiary/aromatic N) is 3. The molecule has 3 rings (SSSR count). The van der Waals surface area contributed by atoms with Gasteiger partial charge in [-0.15, -0.1) is 11.3 Å². The summed E-state index contributed by atoms with van der Waals surface area (Å²) in [5.74, 6) is 0.729. The minimum atomic E-state index is 0.312. The lowest BCUT2D eigenvalue weighted by molar-refractivity contribution is 0.432. The van der Waals surface area contributed by atoms with E-state index in [0.717, 1.165) is 0 Å². The molecule has 96 valence electrons. The largest absolute Gasteiger partial charge is 0.396 e. The number of halogens is 2. The standard InChI is InChI=1S/C11H6Cl2N4OS/c12-6-1-5(2-7(13)9(6)14)11-16-10(17-18-11)8-3-19-4-15-8/h1-4H,14H2. The SMILES string of the molecule is Nc1c(Cl)cc(-c2nc(-c3cscn3)no2)cc1Cl. The number of anilines is 1. The minimum absolute atomic E-state index is 0.312. The van der Waals surface area contributed by atoms with Crippen LogP contribution in [0.15, 0.2) is 27.5 Å². The van der Waals surface area contributed by atoms with E-state index >= 15 is 0 Å². The second-order valence-corrected chi connectivity index (χ2v) is 5.18. The Morgan fingerprint density at radius 2 is 1.95 bits per heavy atom. The van der Waals surface area contributed by atoms with Crippen molar-refractivity contribution in [3.05, 3.63) is 33.1 Å². The first-order valence-corrected chi connectivity index (χ1v) is 6.82. The molecule has 8 heteroatoms.